The first-order valence-electron chi connectivity index (χ1n) is 8.45. The highest BCUT2D eigenvalue weighted by Crippen LogP contribution is 2.23. The number of anilines is 2. The van der Waals surface area contributed by atoms with Crippen molar-refractivity contribution in [3.63, 3.8) is 0 Å². The molecule has 12 heteroatoms. The first-order chi connectivity index (χ1) is 13.6. The van der Waals surface area contributed by atoms with Crippen LogP contribution in [0.1, 0.15) is 16.1 Å². The van der Waals surface area contributed by atoms with Crippen molar-refractivity contribution in [2.45, 2.75) is 11.8 Å². The predicted octanol–water partition coefficient (Wildman–Crippen LogP) is 0.902. The maximum Gasteiger partial charge on any atom is 0.340 e. The Bertz CT molecular complexity index is 988. The maximum atomic E-state index is 12.5. The molecule has 3 N–H and O–H groups in total. The number of aliphatic hydroxyl groups is 1. The zero-order valence-electron chi connectivity index (χ0n) is 16.1. The Morgan fingerprint density at radius 1 is 1.31 bits per heavy atom. The molecule has 2 aromatic rings. The quantitative estimate of drug-likeness (QED) is 0.487. The fraction of sp³-hybridized carbons (Fsp3) is 0.353. The van der Waals surface area contributed by atoms with E-state index in [0.717, 1.165) is 10.00 Å². The molecule has 1 heterocycles. The molecule has 2 rings (SSSR count). The van der Waals surface area contributed by atoms with Gasteiger partial charge in [-0.2, -0.15) is 0 Å². The number of hydrogen-bond donors (Lipinski definition) is 3. The summed E-state index contributed by atoms with van der Waals surface area (Å²) < 4.78 is 30.7. The van der Waals surface area contributed by atoms with Crippen molar-refractivity contribution < 1.29 is 27.9 Å². The number of benzene rings is 1. The fourth-order valence-corrected chi connectivity index (χ4v) is 3.82. The lowest BCUT2D eigenvalue weighted by molar-refractivity contribution is -0.119. The predicted molar refractivity (Wildman–Crippen MR) is 109 cm³/mol. The first-order valence-corrected chi connectivity index (χ1v) is 10.8. The van der Waals surface area contributed by atoms with E-state index in [1.165, 1.54) is 43.6 Å². The highest BCUT2D eigenvalue weighted by atomic mass is 32.2. The van der Waals surface area contributed by atoms with Gasteiger partial charge in [-0.1, -0.05) is 0 Å². The largest absolute Gasteiger partial charge is 0.452 e. The zero-order chi connectivity index (χ0) is 21.6. The number of carbonyl (C=O) groups is 2. The first kappa shape index (κ1) is 22.7. The Kier molecular flexibility index (Phi) is 7.67. The molecule has 0 aliphatic rings. The van der Waals surface area contributed by atoms with Crippen LogP contribution in [-0.2, 0) is 19.6 Å². The molecule has 0 radical (unpaired) electrons. The molecule has 0 saturated carbocycles. The third kappa shape index (κ3) is 5.97. The Morgan fingerprint density at radius 2 is 2.03 bits per heavy atom. The number of carbonyl (C=O) groups excluding carboxylic acids is 2. The lowest BCUT2D eigenvalue weighted by Crippen LogP contribution is -2.24. The van der Waals surface area contributed by atoms with Gasteiger partial charge in [-0.05, 0) is 25.1 Å². The topological polar surface area (TPSA) is 138 Å². The molecule has 29 heavy (non-hydrogen) atoms. The number of aliphatic hydroxyl groups excluding tert-OH is 1. The average molecular weight is 443 g/mol. The number of rotatable bonds is 9. The smallest absolute Gasteiger partial charge is 0.340 e. The minimum absolute atomic E-state index is 0.0701. The lowest BCUT2D eigenvalue weighted by atomic mass is 10.2. The molecule has 0 aliphatic carbocycles. The van der Waals surface area contributed by atoms with Gasteiger partial charge in [-0.3, -0.25) is 10.1 Å². The lowest BCUT2D eigenvalue weighted by Gasteiger charge is -2.15. The summed E-state index contributed by atoms with van der Waals surface area (Å²) >= 11 is 1.24. The minimum Gasteiger partial charge on any atom is -0.452 e. The van der Waals surface area contributed by atoms with Crippen LogP contribution in [0.4, 0.5) is 10.8 Å². The van der Waals surface area contributed by atoms with Gasteiger partial charge in [0.2, 0.25) is 10.0 Å². The number of nitrogens with one attached hydrogen (secondary N) is 2. The Hall–Kier alpha value is -2.54. The van der Waals surface area contributed by atoms with Crippen LogP contribution >= 0.6 is 11.3 Å². The maximum absolute atomic E-state index is 12.5. The van der Waals surface area contributed by atoms with Crippen molar-refractivity contribution in [1.82, 2.24) is 9.29 Å². The molecule has 1 amide bonds. The standard InChI is InChI=1S/C17H22N4O6S2/c1-11-10-28-17(19-11)20-15(23)9-27-16(24)13-8-12(29(25,26)21(2)3)4-5-14(13)18-6-7-22/h4-5,8,10,18,22H,6-7,9H2,1-3H3,(H,19,20,23). The van der Waals surface area contributed by atoms with E-state index in [4.69, 9.17) is 9.84 Å². The summed E-state index contributed by atoms with van der Waals surface area (Å²) in [5, 5.41) is 16.5. The number of ether oxygens (including phenoxy) is 1. The van der Waals surface area contributed by atoms with Crippen LogP contribution in [0, 0.1) is 6.92 Å². The molecular formula is C17H22N4O6S2. The van der Waals surface area contributed by atoms with E-state index in [0.29, 0.717) is 5.13 Å². The number of amides is 1. The molecule has 158 valence electrons. The third-order valence-corrected chi connectivity index (χ3v) is 6.30. The van der Waals surface area contributed by atoms with Crippen molar-refractivity contribution in [1.29, 1.82) is 0 Å². The van der Waals surface area contributed by atoms with Crippen LogP contribution in [0.15, 0.2) is 28.5 Å². The molecule has 0 spiro atoms. The van der Waals surface area contributed by atoms with E-state index in [2.05, 4.69) is 15.6 Å². The average Bonchev–Trinajstić information content (AvgIpc) is 3.08. The van der Waals surface area contributed by atoms with E-state index < -0.39 is 28.5 Å². The van der Waals surface area contributed by atoms with Gasteiger partial charge in [-0.25, -0.2) is 22.5 Å². The van der Waals surface area contributed by atoms with Gasteiger partial charge in [0, 0.05) is 31.7 Å². The summed E-state index contributed by atoms with van der Waals surface area (Å²) in [5.74, 6) is -1.46. The second-order valence-corrected chi connectivity index (χ2v) is 9.07. The van der Waals surface area contributed by atoms with E-state index in [1.807, 2.05) is 0 Å². The summed E-state index contributed by atoms with van der Waals surface area (Å²) in [6.07, 6.45) is 0. The van der Waals surface area contributed by atoms with E-state index >= 15 is 0 Å². The highest BCUT2D eigenvalue weighted by Gasteiger charge is 2.22. The monoisotopic (exact) mass is 442 g/mol. The van der Waals surface area contributed by atoms with Crippen LogP contribution in [0.3, 0.4) is 0 Å². The summed E-state index contributed by atoms with van der Waals surface area (Å²) in [4.78, 5) is 28.4. The Morgan fingerprint density at radius 3 is 2.62 bits per heavy atom. The molecule has 10 nitrogen and oxygen atoms in total. The van der Waals surface area contributed by atoms with Gasteiger partial charge < -0.3 is 15.2 Å². The Labute approximate surface area is 172 Å². The summed E-state index contributed by atoms with van der Waals surface area (Å²) in [7, 11) is -1.04. The van der Waals surface area contributed by atoms with Crippen LogP contribution in [0.5, 0.6) is 0 Å². The van der Waals surface area contributed by atoms with Gasteiger partial charge >= 0.3 is 5.97 Å². The Balaban J connectivity index is 2.18. The normalized spacial score (nSPS) is 11.3. The van der Waals surface area contributed by atoms with Crippen molar-refractivity contribution >= 4 is 44.1 Å². The van der Waals surface area contributed by atoms with E-state index in [1.54, 1.807) is 12.3 Å². The van der Waals surface area contributed by atoms with Crippen LogP contribution in [-0.4, -0.2) is 68.5 Å². The molecule has 1 aromatic carbocycles. The number of sulfonamides is 1. The number of aryl methyl sites for hydroxylation is 1. The molecule has 0 bridgehead atoms. The van der Waals surface area contributed by atoms with E-state index in [9.17, 15) is 18.0 Å². The SMILES string of the molecule is Cc1csc(NC(=O)COC(=O)c2cc(S(=O)(=O)N(C)C)ccc2NCCO)n1. The van der Waals surface area contributed by atoms with Gasteiger partial charge in [0.25, 0.3) is 5.91 Å². The molecule has 1 aromatic heterocycles. The molecule has 0 aliphatic heterocycles. The fourth-order valence-electron chi connectivity index (χ4n) is 2.18. The molecule has 0 fully saturated rings. The van der Waals surface area contributed by atoms with Crippen molar-refractivity contribution in [2.24, 2.45) is 0 Å². The third-order valence-electron chi connectivity index (χ3n) is 3.62. The molecule has 0 unspecified atom stereocenters. The summed E-state index contributed by atoms with van der Waals surface area (Å²) in [6.45, 7) is 1.16. The second-order valence-electron chi connectivity index (χ2n) is 6.06. The van der Waals surface area contributed by atoms with Gasteiger partial charge in [0.15, 0.2) is 11.7 Å². The minimum atomic E-state index is -3.78. The number of hydrogen-bond acceptors (Lipinski definition) is 9. The van der Waals surface area contributed by atoms with Crippen LogP contribution in [0.2, 0.25) is 0 Å². The van der Waals surface area contributed by atoms with Crippen molar-refractivity contribution in [3.8, 4) is 0 Å². The molecular weight excluding hydrogens is 420 g/mol. The van der Waals surface area contributed by atoms with Crippen LogP contribution < -0.4 is 10.6 Å². The van der Waals surface area contributed by atoms with E-state index in [-0.39, 0.29) is 29.3 Å². The van der Waals surface area contributed by atoms with Crippen LogP contribution in [0.25, 0.3) is 0 Å². The number of aromatic nitrogens is 1. The molecule has 0 atom stereocenters. The highest BCUT2D eigenvalue weighted by molar-refractivity contribution is 7.89. The number of nitrogens with zero attached hydrogens (tertiary/aromatic N) is 2. The van der Waals surface area contributed by atoms with Crippen molar-refractivity contribution in [2.75, 3.05) is 44.5 Å². The summed E-state index contributed by atoms with van der Waals surface area (Å²) in [5.41, 5.74) is 0.956. The zero-order valence-corrected chi connectivity index (χ0v) is 17.8. The molecule has 0 saturated heterocycles. The van der Waals surface area contributed by atoms with Gasteiger partial charge in [0.1, 0.15) is 0 Å². The van der Waals surface area contributed by atoms with Gasteiger partial charge in [-0.15, -0.1) is 11.3 Å². The summed E-state index contributed by atoms with van der Waals surface area (Å²) in [6, 6.07) is 3.91. The number of thiazole rings is 1. The van der Waals surface area contributed by atoms with Gasteiger partial charge in [0.05, 0.1) is 22.8 Å². The van der Waals surface area contributed by atoms with Crippen molar-refractivity contribution in [3.05, 3.63) is 34.8 Å². The number of esters is 1. The second kappa shape index (κ2) is 9.78.